The fourth-order valence-corrected chi connectivity index (χ4v) is 4.02. The van der Waals surface area contributed by atoms with Crippen molar-refractivity contribution in [2.45, 2.75) is 19.9 Å². The lowest BCUT2D eigenvalue weighted by Gasteiger charge is -2.23. The first-order valence-electron chi connectivity index (χ1n) is 10.4. The average molecular weight is 460 g/mol. The lowest BCUT2D eigenvalue weighted by atomic mass is 10.1. The van der Waals surface area contributed by atoms with E-state index in [9.17, 15) is 14.0 Å². The molecule has 166 valence electrons. The van der Waals surface area contributed by atoms with Crippen molar-refractivity contribution in [3.8, 4) is 0 Å². The minimum Gasteiger partial charge on any atom is -0.322 e. The van der Waals surface area contributed by atoms with Crippen molar-refractivity contribution in [2.75, 3.05) is 10.2 Å². The van der Waals surface area contributed by atoms with Crippen LogP contribution in [0.3, 0.4) is 0 Å². The molecule has 2 aromatic heterocycles. The van der Waals surface area contributed by atoms with Crippen molar-refractivity contribution in [2.24, 2.45) is 0 Å². The van der Waals surface area contributed by atoms with E-state index in [0.29, 0.717) is 16.9 Å². The number of carbonyl (C=O) groups excluding carboxylic acids is 2. The monoisotopic (exact) mass is 459 g/mol. The first-order valence-corrected chi connectivity index (χ1v) is 11.3. The highest BCUT2D eigenvalue weighted by atomic mass is 32.1. The highest BCUT2D eigenvalue weighted by molar-refractivity contribution is 7.08. The number of amides is 2. The molecule has 0 saturated carbocycles. The fourth-order valence-electron chi connectivity index (χ4n) is 3.39. The van der Waals surface area contributed by atoms with Crippen molar-refractivity contribution in [1.29, 1.82) is 0 Å². The van der Waals surface area contributed by atoms with E-state index in [-0.39, 0.29) is 29.9 Å². The van der Waals surface area contributed by atoms with Gasteiger partial charge in [0.2, 0.25) is 5.91 Å². The van der Waals surface area contributed by atoms with E-state index >= 15 is 0 Å². The van der Waals surface area contributed by atoms with Crippen LogP contribution in [0.15, 0.2) is 84.5 Å². The maximum absolute atomic E-state index is 13.6. The minimum absolute atomic E-state index is 0.126. The Balaban J connectivity index is 1.55. The molecule has 4 aromatic rings. The number of carbonyl (C=O) groups is 2. The molecule has 33 heavy (non-hydrogen) atoms. The molecule has 7 heteroatoms. The zero-order valence-corrected chi connectivity index (χ0v) is 18.8. The zero-order valence-electron chi connectivity index (χ0n) is 18.0. The predicted octanol–water partition coefficient (Wildman–Crippen LogP) is 5.62. The number of rotatable bonds is 7. The highest BCUT2D eigenvalue weighted by Gasteiger charge is 2.19. The van der Waals surface area contributed by atoms with Gasteiger partial charge in [-0.3, -0.25) is 14.6 Å². The Kier molecular flexibility index (Phi) is 6.90. The number of halogens is 1. The molecule has 2 heterocycles. The number of nitrogens with zero attached hydrogens (tertiary/aromatic N) is 2. The normalized spacial score (nSPS) is 10.6. The molecule has 0 aliphatic carbocycles. The smallest absolute Gasteiger partial charge is 0.255 e. The van der Waals surface area contributed by atoms with Gasteiger partial charge in [-0.05, 0) is 77.5 Å². The Morgan fingerprint density at radius 1 is 1.06 bits per heavy atom. The van der Waals surface area contributed by atoms with Crippen molar-refractivity contribution in [1.82, 2.24) is 4.98 Å². The number of anilines is 2. The number of thiophene rings is 1. The van der Waals surface area contributed by atoms with Crippen LogP contribution < -0.4 is 10.2 Å². The quantitative estimate of drug-likeness (QED) is 0.390. The molecule has 4 rings (SSSR count). The van der Waals surface area contributed by atoms with E-state index in [2.05, 4.69) is 10.3 Å². The molecule has 1 N–H and O–H groups in total. The van der Waals surface area contributed by atoms with Gasteiger partial charge in [-0.25, -0.2) is 0 Å². The lowest BCUT2D eigenvalue weighted by molar-refractivity contribution is -0.118. The highest BCUT2D eigenvalue weighted by Crippen LogP contribution is 2.24. The van der Waals surface area contributed by atoms with Crippen LogP contribution in [-0.2, 0) is 17.8 Å². The van der Waals surface area contributed by atoms with Crippen molar-refractivity contribution in [3.05, 3.63) is 112 Å². The molecular weight excluding hydrogens is 437 g/mol. The van der Waals surface area contributed by atoms with Gasteiger partial charge < -0.3 is 10.2 Å². The van der Waals surface area contributed by atoms with E-state index in [0.717, 1.165) is 28.0 Å². The minimum atomic E-state index is -0.292. The summed E-state index contributed by atoms with van der Waals surface area (Å²) in [7, 11) is 0. The molecule has 0 atom stereocenters. The van der Waals surface area contributed by atoms with Crippen molar-refractivity contribution >= 4 is 34.5 Å². The summed E-state index contributed by atoms with van der Waals surface area (Å²) in [5, 5.41) is 4.27. The van der Waals surface area contributed by atoms with E-state index in [4.69, 9.17) is 0 Å². The van der Waals surface area contributed by atoms with Crippen LogP contribution in [0.1, 0.15) is 27.0 Å². The SMILES string of the molecule is Cc1ccncc1CC(=O)N(Cc1csc(F)c1)c1ccc(NC(=O)c2ccccc2)cc1. The maximum atomic E-state index is 13.6. The third kappa shape index (κ3) is 5.70. The lowest BCUT2D eigenvalue weighted by Crippen LogP contribution is -2.31. The van der Waals surface area contributed by atoms with Crippen LogP contribution in [0.4, 0.5) is 15.8 Å². The summed E-state index contributed by atoms with van der Waals surface area (Å²) in [6.07, 6.45) is 3.56. The van der Waals surface area contributed by atoms with E-state index in [1.54, 1.807) is 71.2 Å². The molecule has 0 unspecified atom stereocenters. The second kappa shape index (κ2) is 10.2. The summed E-state index contributed by atoms with van der Waals surface area (Å²) in [5.74, 6) is -0.337. The Morgan fingerprint density at radius 2 is 1.82 bits per heavy atom. The molecule has 2 amide bonds. The van der Waals surface area contributed by atoms with Gasteiger partial charge in [0.25, 0.3) is 5.91 Å². The standard InChI is InChI=1S/C26H22FN3O2S/c1-18-11-12-28-15-21(18)14-25(31)30(16-19-13-24(27)33-17-19)23-9-7-22(8-10-23)29-26(32)20-5-3-2-4-6-20/h2-13,15,17H,14,16H2,1H3,(H,29,32). The van der Waals surface area contributed by atoms with Gasteiger partial charge in [-0.1, -0.05) is 18.2 Å². The summed E-state index contributed by atoms with van der Waals surface area (Å²) in [6.45, 7) is 2.18. The topological polar surface area (TPSA) is 62.3 Å². The summed E-state index contributed by atoms with van der Waals surface area (Å²) in [4.78, 5) is 31.4. The molecule has 0 saturated heterocycles. The predicted molar refractivity (Wildman–Crippen MR) is 129 cm³/mol. The zero-order chi connectivity index (χ0) is 23.2. The van der Waals surface area contributed by atoms with Gasteiger partial charge in [-0.15, -0.1) is 11.3 Å². The molecule has 0 bridgehead atoms. The summed E-state index contributed by atoms with van der Waals surface area (Å²) < 4.78 is 13.6. The number of aromatic nitrogens is 1. The third-order valence-corrected chi connectivity index (χ3v) is 5.99. The third-order valence-electron chi connectivity index (χ3n) is 5.23. The van der Waals surface area contributed by atoms with Gasteiger partial charge in [0.05, 0.1) is 13.0 Å². The van der Waals surface area contributed by atoms with Crippen LogP contribution in [0.5, 0.6) is 0 Å². The summed E-state index contributed by atoms with van der Waals surface area (Å²) in [5.41, 5.74) is 4.38. The van der Waals surface area contributed by atoms with Crippen LogP contribution in [0, 0.1) is 12.1 Å². The number of aryl methyl sites for hydroxylation is 1. The fraction of sp³-hybridized carbons (Fsp3) is 0.115. The van der Waals surface area contributed by atoms with E-state index < -0.39 is 0 Å². The van der Waals surface area contributed by atoms with E-state index in [1.807, 2.05) is 19.1 Å². The molecular formula is C26H22FN3O2S. The van der Waals surface area contributed by atoms with Crippen LogP contribution in [0.25, 0.3) is 0 Å². The Morgan fingerprint density at radius 3 is 2.48 bits per heavy atom. The van der Waals surface area contributed by atoms with Gasteiger partial charge in [-0.2, -0.15) is 4.39 Å². The van der Waals surface area contributed by atoms with Crippen LogP contribution in [-0.4, -0.2) is 16.8 Å². The number of nitrogens with one attached hydrogen (secondary N) is 1. The van der Waals surface area contributed by atoms with Gasteiger partial charge >= 0.3 is 0 Å². The van der Waals surface area contributed by atoms with Crippen molar-refractivity contribution in [3.63, 3.8) is 0 Å². The molecule has 0 radical (unpaired) electrons. The second-order valence-electron chi connectivity index (χ2n) is 7.58. The number of hydrogen-bond donors (Lipinski definition) is 1. The van der Waals surface area contributed by atoms with Crippen LogP contribution in [0.2, 0.25) is 0 Å². The summed E-state index contributed by atoms with van der Waals surface area (Å²) in [6, 6.07) is 19.3. The Bertz CT molecular complexity index is 1260. The molecule has 0 aliphatic rings. The van der Waals surface area contributed by atoms with Gasteiger partial charge in [0.1, 0.15) is 0 Å². The molecule has 2 aromatic carbocycles. The molecule has 0 fully saturated rings. The van der Waals surface area contributed by atoms with Crippen LogP contribution >= 0.6 is 11.3 Å². The Labute approximate surface area is 195 Å². The first kappa shape index (κ1) is 22.4. The largest absolute Gasteiger partial charge is 0.322 e. The average Bonchev–Trinajstić information content (AvgIpc) is 3.25. The molecule has 0 spiro atoms. The van der Waals surface area contributed by atoms with E-state index in [1.165, 1.54) is 6.07 Å². The van der Waals surface area contributed by atoms with Gasteiger partial charge in [0.15, 0.2) is 5.13 Å². The maximum Gasteiger partial charge on any atom is 0.255 e. The Hall–Kier alpha value is -3.84. The number of pyridine rings is 1. The molecule has 0 aliphatic heterocycles. The first-order chi connectivity index (χ1) is 16.0. The number of hydrogen-bond acceptors (Lipinski definition) is 4. The summed E-state index contributed by atoms with van der Waals surface area (Å²) >= 11 is 1.00. The molecule has 5 nitrogen and oxygen atoms in total. The van der Waals surface area contributed by atoms with Gasteiger partial charge in [0, 0.05) is 29.3 Å². The second-order valence-corrected chi connectivity index (χ2v) is 8.45. The van der Waals surface area contributed by atoms with Crippen molar-refractivity contribution < 1.29 is 14.0 Å². The number of benzene rings is 2.